The molecule has 0 saturated heterocycles. The monoisotopic (exact) mass is 237 g/mol. The second kappa shape index (κ2) is 6.91. The lowest BCUT2D eigenvalue weighted by atomic mass is 10.1. The highest BCUT2D eigenvalue weighted by Crippen LogP contribution is 2.13. The lowest BCUT2D eigenvalue weighted by Gasteiger charge is -2.07. The SMILES string of the molecule is COC(=O)COc1ccc(CC[C@H](C)N)cc1. The van der Waals surface area contributed by atoms with Crippen molar-refractivity contribution in [1.29, 1.82) is 0 Å². The first kappa shape index (κ1) is 13.5. The van der Waals surface area contributed by atoms with Crippen molar-refractivity contribution < 1.29 is 14.3 Å². The van der Waals surface area contributed by atoms with Crippen molar-refractivity contribution in [3.63, 3.8) is 0 Å². The van der Waals surface area contributed by atoms with Crippen LogP contribution >= 0.6 is 0 Å². The summed E-state index contributed by atoms with van der Waals surface area (Å²) < 4.78 is 9.72. The van der Waals surface area contributed by atoms with E-state index in [1.54, 1.807) is 0 Å². The van der Waals surface area contributed by atoms with Crippen LogP contribution in [0.5, 0.6) is 5.75 Å². The molecule has 4 heteroatoms. The van der Waals surface area contributed by atoms with Crippen molar-refractivity contribution in [2.24, 2.45) is 5.73 Å². The molecule has 1 aromatic rings. The Hall–Kier alpha value is -1.55. The van der Waals surface area contributed by atoms with Gasteiger partial charge in [-0.15, -0.1) is 0 Å². The standard InChI is InChI=1S/C13H19NO3/c1-10(14)3-4-11-5-7-12(8-6-11)17-9-13(15)16-2/h5-8,10H,3-4,9,14H2,1-2H3/t10-/m0/s1. The molecule has 0 spiro atoms. The molecular formula is C13H19NO3. The first-order valence-corrected chi connectivity index (χ1v) is 5.66. The minimum atomic E-state index is -0.383. The Morgan fingerprint density at radius 3 is 2.53 bits per heavy atom. The molecule has 1 rings (SSSR count). The summed E-state index contributed by atoms with van der Waals surface area (Å²) in [4.78, 5) is 10.9. The fraction of sp³-hybridized carbons (Fsp3) is 0.462. The van der Waals surface area contributed by atoms with Crippen LogP contribution in [0, 0.1) is 0 Å². The summed E-state index contributed by atoms with van der Waals surface area (Å²) in [6.07, 6.45) is 1.91. The number of rotatable bonds is 6. The van der Waals surface area contributed by atoms with Gasteiger partial charge in [0.05, 0.1) is 7.11 Å². The number of methoxy groups -OCH3 is 1. The molecule has 1 atom stereocenters. The molecule has 0 amide bonds. The van der Waals surface area contributed by atoms with E-state index in [0.717, 1.165) is 12.8 Å². The van der Waals surface area contributed by atoms with E-state index in [4.69, 9.17) is 10.5 Å². The van der Waals surface area contributed by atoms with Gasteiger partial charge in [0, 0.05) is 6.04 Å². The molecule has 4 nitrogen and oxygen atoms in total. The van der Waals surface area contributed by atoms with Gasteiger partial charge in [0.2, 0.25) is 0 Å². The van der Waals surface area contributed by atoms with Crippen LogP contribution in [0.15, 0.2) is 24.3 Å². The summed E-state index contributed by atoms with van der Waals surface area (Å²) in [6, 6.07) is 7.87. The van der Waals surface area contributed by atoms with Crippen LogP contribution in [0.4, 0.5) is 0 Å². The fourth-order valence-corrected chi connectivity index (χ4v) is 1.35. The van der Waals surface area contributed by atoms with Crippen LogP contribution in [-0.4, -0.2) is 25.7 Å². The van der Waals surface area contributed by atoms with Gasteiger partial charge in [-0.25, -0.2) is 4.79 Å². The third-order valence-corrected chi connectivity index (χ3v) is 2.40. The largest absolute Gasteiger partial charge is 0.482 e. The number of hydrogen-bond donors (Lipinski definition) is 1. The lowest BCUT2D eigenvalue weighted by Crippen LogP contribution is -2.15. The Bertz CT molecular complexity index is 346. The molecule has 0 aliphatic heterocycles. The van der Waals surface area contributed by atoms with Gasteiger partial charge in [0.1, 0.15) is 5.75 Å². The summed E-state index contributed by atoms with van der Waals surface area (Å²) in [5, 5.41) is 0. The van der Waals surface area contributed by atoms with Crippen molar-refractivity contribution in [3.05, 3.63) is 29.8 Å². The number of carbonyl (C=O) groups excluding carboxylic acids is 1. The Labute approximate surface area is 102 Å². The molecule has 0 unspecified atom stereocenters. The minimum Gasteiger partial charge on any atom is -0.482 e. The molecule has 0 heterocycles. The van der Waals surface area contributed by atoms with Gasteiger partial charge in [0.15, 0.2) is 6.61 Å². The van der Waals surface area contributed by atoms with Crippen molar-refractivity contribution in [2.45, 2.75) is 25.8 Å². The Kier molecular flexibility index (Phi) is 5.49. The average molecular weight is 237 g/mol. The maximum atomic E-state index is 10.9. The normalized spacial score (nSPS) is 11.9. The van der Waals surface area contributed by atoms with E-state index in [-0.39, 0.29) is 18.6 Å². The second-order valence-electron chi connectivity index (χ2n) is 4.02. The van der Waals surface area contributed by atoms with Crippen molar-refractivity contribution in [2.75, 3.05) is 13.7 Å². The van der Waals surface area contributed by atoms with E-state index in [2.05, 4.69) is 4.74 Å². The number of ether oxygens (including phenoxy) is 2. The van der Waals surface area contributed by atoms with Gasteiger partial charge in [-0.3, -0.25) is 0 Å². The Morgan fingerprint density at radius 2 is 2.00 bits per heavy atom. The molecule has 0 bridgehead atoms. The Balaban J connectivity index is 2.42. The van der Waals surface area contributed by atoms with Crippen molar-refractivity contribution in [1.82, 2.24) is 0 Å². The highest BCUT2D eigenvalue weighted by Gasteiger charge is 2.02. The molecule has 0 saturated carbocycles. The first-order chi connectivity index (χ1) is 8.11. The molecule has 0 aliphatic carbocycles. The van der Waals surface area contributed by atoms with Crippen molar-refractivity contribution >= 4 is 5.97 Å². The predicted molar refractivity (Wildman–Crippen MR) is 65.9 cm³/mol. The van der Waals surface area contributed by atoms with Gasteiger partial charge >= 0.3 is 5.97 Å². The van der Waals surface area contributed by atoms with Crippen LogP contribution < -0.4 is 10.5 Å². The zero-order chi connectivity index (χ0) is 12.7. The van der Waals surface area contributed by atoms with E-state index in [1.165, 1.54) is 12.7 Å². The topological polar surface area (TPSA) is 61.5 Å². The summed E-state index contributed by atoms with van der Waals surface area (Å²) >= 11 is 0. The molecule has 0 aliphatic rings. The number of carbonyl (C=O) groups is 1. The number of nitrogens with two attached hydrogens (primary N) is 1. The number of benzene rings is 1. The van der Waals surface area contributed by atoms with Gasteiger partial charge in [0.25, 0.3) is 0 Å². The van der Waals surface area contributed by atoms with Crippen LogP contribution in [0.2, 0.25) is 0 Å². The van der Waals surface area contributed by atoms with E-state index in [0.29, 0.717) is 5.75 Å². The van der Waals surface area contributed by atoms with Gasteiger partial charge in [-0.2, -0.15) is 0 Å². The number of esters is 1. The first-order valence-electron chi connectivity index (χ1n) is 5.66. The van der Waals surface area contributed by atoms with E-state index in [9.17, 15) is 4.79 Å². The minimum absolute atomic E-state index is 0.0598. The third-order valence-electron chi connectivity index (χ3n) is 2.40. The summed E-state index contributed by atoms with van der Waals surface area (Å²) in [5.74, 6) is 0.283. The number of hydrogen-bond acceptors (Lipinski definition) is 4. The molecule has 1 aromatic carbocycles. The highest BCUT2D eigenvalue weighted by molar-refractivity contribution is 5.70. The van der Waals surface area contributed by atoms with Crippen LogP contribution in [0.25, 0.3) is 0 Å². The summed E-state index contributed by atoms with van der Waals surface area (Å²) in [5.41, 5.74) is 6.91. The van der Waals surface area contributed by atoms with Crippen LogP contribution in [0.3, 0.4) is 0 Å². The lowest BCUT2D eigenvalue weighted by molar-refractivity contribution is -0.142. The zero-order valence-corrected chi connectivity index (χ0v) is 10.3. The molecule has 94 valence electrons. The van der Waals surface area contributed by atoms with Crippen LogP contribution in [0.1, 0.15) is 18.9 Å². The predicted octanol–water partition coefficient (Wildman–Crippen LogP) is 1.52. The molecule has 2 N–H and O–H groups in total. The maximum absolute atomic E-state index is 10.9. The quantitative estimate of drug-likeness (QED) is 0.762. The smallest absolute Gasteiger partial charge is 0.343 e. The Morgan fingerprint density at radius 1 is 1.35 bits per heavy atom. The fourth-order valence-electron chi connectivity index (χ4n) is 1.35. The highest BCUT2D eigenvalue weighted by atomic mass is 16.6. The van der Waals surface area contributed by atoms with Gasteiger partial charge < -0.3 is 15.2 Å². The van der Waals surface area contributed by atoms with Crippen LogP contribution in [-0.2, 0) is 16.0 Å². The van der Waals surface area contributed by atoms with Gasteiger partial charge in [-0.1, -0.05) is 12.1 Å². The summed E-state index contributed by atoms with van der Waals surface area (Å²) in [7, 11) is 1.34. The molecule has 0 radical (unpaired) electrons. The van der Waals surface area contributed by atoms with Gasteiger partial charge in [-0.05, 0) is 37.5 Å². The van der Waals surface area contributed by atoms with E-state index < -0.39 is 0 Å². The van der Waals surface area contributed by atoms with E-state index in [1.807, 2.05) is 31.2 Å². The third kappa shape index (κ3) is 5.36. The summed E-state index contributed by atoms with van der Waals surface area (Å²) in [6.45, 7) is 1.93. The van der Waals surface area contributed by atoms with E-state index >= 15 is 0 Å². The number of aryl methyl sites for hydroxylation is 1. The second-order valence-corrected chi connectivity index (χ2v) is 4.02. The molecule has 17 heavy (non-hydrogen) atoms. The molecular weight excluding hydrogens is 218 g/mol. The van der Waals surface area contributed by atoms with Crippen molar-refractivity contribution in [3.8, 4) is 5.75 Å². The molecule has 0 fully saturated rings. The maximum Gasteiger partial charge on any atom is 0.343 e. The average Bonchev–Trinajstić information content (AvgIpc) is 2.34. The molecule has 0 aromatic heterocycles. The zero-order valence-electron chi connectivity index (χ0n) is 10.3.